The molecule has 1 nitrogen and oxygen atoms in total. The molecule has 0 aliphatic heterocycles. The van der Waals surface area contributed by atoms with E-state index in [1.165, 1.54) is 22.3 Å². The normalized spacial score (nSPS) is 10.7. The lowest BCUT2D eigenvalue weighted by Crippen LogP contribution is -1.91. The summed E-state index contributed by atoms with van der Waals surface area (Å²) >= 11 is 0. The second-order valence-electron chi connectivity index (χ2n) is 7.03. The van der Waals surface area contributed by atoms with E-state index in [1.807, 2.05) is 24.3 Å². The first kappa shape index (κ1) is 19.5. The molecule has 30 heavy (non-hydrogen) atoms. The molecule has 4 aromatic carbocycles. The molecule has 1 heteroatoms. The Morgan fingerprint density at radius 3 is 1.73 bits per heavy atom. The zero-order valence-corrected chi connectivity index (χ0v) is 17.0. The van der Waals surface area contributed by atoms with Crippen molar-refractivity contribution in [3.05, 3.63) is 137 Å². The summed E-state index contributed by atoms with van der Waals surface area (Å²) in [6.07, 6.45) is 6.55. The molecule has 0 saturated carbocycles. The Labute approximate surface area is 178 Å². The van der Waals surface area contributed by atoms with E-state index in [0.717, 1.165) is 16.9 Å². The molecule has 0 amide bonds. The largest absolute Gasteiger partial charge is 0.497 e. The molecule has 0 atom stereocenters. The van der Waals surface area contributed by atoms with Crippen molar-refractivity contribution in [3.63, 3.8) is 0 Å². The van der Waals surface area contributed by atoms with Crippen molar-refractivity contribution in [1.82, 2.24) is 0 Å². The van der Waals surface area contributed by atoms with Gasteiger partial charge in [-0.1, -0.05) is 109 Å². The van der Waals surface area contributed by atoms with Crippen molar-refractivity contribution in [2.24, 2.45) is 0 Å². The van der Waals surface area contributed by atoms with Crippen LogP contribution in [-0.4, -0.2) is 7.11 Å². The van der Waals surface area contributed by atoms with Crippen molar-refractivity contribution in [1.29, 1.82) is 0 Å². The predicted molar refractivity (Wildman–Crippen MR) is 128 cm³/mol. The van der Waals surface area contributed by atoms with Gasteiger partial charge in [0, 0.05) is 0 Å². The molecular weight excluding hydrogens is 364 g/mol. The van der Waals surface area contributed by atoms with E-state index in [4.69, 9.17) is 4.74 Å². The number of benzene rings is 4. The maximum atomic E-state index is 5.51. The summed E-state index contributed by atoms with van der Waals surface area (Å²) in [5.41, 5.74) is 6.98. The minimum absolute atomic E-state index is 0.846. The molecule has 0 bridgehead atoms. The number of hydrogen-bond donors (Lipinski definition) is 0. The smallest absolute Gasteiger partial charge is 0.119 e. The first-order valence-electron chi connectivity index (χ1n) is 10.1. The third-order valence-corrected chi connectivity index (χ3v) is 5.02. The molecule has 0 radical (unpaired) electrons. The molecule has 0 N–H and O–H groups in total. The molecule has 0 fully saturated rings. The summed E-state index contributed by atoms with van der Waals surface area (Å²) in [7, 11) is 1.71. The second kappa shape index (κ2) is 9.58. The van der Waals surface area contributed by atoms with E-state index >= 15 is 0 Å². The first-order chi connectivity index (χ1) is 14.8. The van der Waals surface area contributed by atoms with Crippen LogP contribution < -0.4 is 4.74 Å². The van der Waals surface area contributed by atoms with E-state index in [-0.39, 0.29) is 0 Å². The monoisotopic (exact) mass is 388 g/mol. The van der Waals surface area contributed by atoms with Crippen LogP contribution in [0.4, 0.5) is 0 Å². The second-order valence-corrected chi connectivity index (χ2v) is 7.03. The zero-order valence-electron chi connectivity index (χ0n) is 17.0. The highest BCUT2D eigenvalue weighted by Crippen LogP contribution is 2.29. The van der Waals surface area contributed by atoms with Crippen LogP contribution in [0.3, 0.4) is 0 Å². The van der Waals surface area contributed by atoms with Crippen LogP contribution in [0.15, 0.2) is 109 Å². The standard InChI is InChI=1S/C29H24O/c1-30-28-20-19-24(18-17-23-11-5-2-6-12-23)27(21-28)22-29(25-13-7-3-8-14-25)26-15-9-4-10-16-26/h2-22H,1H3/b18-17+. The van der Waals surface area contributed by atoms with Crippen molar-refractivity contribution in [3.8, 4) is 5.75 Å². The zero-order chi connectivity index (χ0) is 20.6. The van der Waals surface area contributed by atoms with E-state index in [1.54, 1.807) is 7.11 Å². The summed E-state index contributed by atoms with van der Waals surface area (Å²) in [5.74, 6) is 0.846. The molecule has 0 aromatic heterocycles. The van der Waals surface area contributed by atoms with Gasteiger partial charge in [-0.15, -0.1) is 0 Å². The molecule has 0 saturated heterocycles. The third kappa shape index (κ3) is 4.76. The fourth-order valence-corrected chi connectivity index (χ4v) is 3.43. The summed E-state index contributed by atoms with van der Waals surface area (Å²) in [5, 5.41) is 0. The van der Waals surface area contributed by atoms with E-state index in [0.29, 0.717) is 0 Å². The topological polar surface area (TPSA) is 9.23 Å². The lowest BCUT2D eigenvalue weighted by Gasteiger charge is -2.11. The first-order valence-corrected chi connectivity index (χ1v) is 10.1. The van der Waals surface area contributed by atoms with Crippen molar-refractivity contribution < 1.29 is 4.74 Å². The van der Waals surface area contributed by atoms with E-state index in [9.17, 15) is 0 Å². The minimum Gasteiger partial charge on any atom is -0.497 e. The molecule has 4 rings (SSSR count). The van der Waals surface area contributed by atoms with Crippen molar-refractivity contribution >= 4 is 23.8 Å². The van der Waals surface area contributed by atoms with E-state index in [2.05, 4.69) is 103 Å². The van der Waals surface area contributed by atoms with Gasteiger partial charge in [0.15, 0.2) is 0 Å². The van der Waals surface area contributed by atoms with Crippen LogP contribution in [0.1, 0.15) is 27.8 Å². The lowest BCUT2D eigenvalue weighted by atomic mass is 9.94. The molecule has 0 aliphatic rings. The van der Waals surface area contributed by atoms with Gasteiger partial charge in [0.25, 0.3) is 0 Å². The van der Waals surface area contributed by atoms with Gasteiger partial charge in [-0.3, -0.25) is 0 Å². The highest BCUT2D eigenvalue weighted by atomic mass is 16.5. The molecule has 4 aromatic rings. The molecule has 0 aliphatic carbocycles. The van der Waals surface area contributed by atoms with Crippen LogP contribution in [0.25, 0.3) is 23.8 Å². The van der Waals surface area contributed by atoms with Gasteiger partial charge in [-0.2, -0.15) is 0 Å². The van der Waals surface area contributed by atoms with E-state index < -0.39 is 0 Å². The van der Waals surface area contributed by atoms with Crippen molar-refractivity contribution in [2.45, 2.75) is 0 Å². The summed E-state index contributed by atoms with van der Waals surface area (Å²) in [6, 6.07) is 37.6. The van der Waals surface area contributed by atoms with Gasteiger partial charge in [0.2, 0.25) is 0 Å². The third-order valence-electron chi connectivity index (χ3n) is 5.02. The molecule has 0 heterocycles. The Hall–Kier alpha value is -3.84. The van der Waals surface area contributed by atoms with Gasteiger partial charge in [-0.05, 0) is 51.6 Å². The van der Waals surface area contributed by atoms with Gasteiger partial charge < -0.3 is 4.74 Å². The Kier molecular flexibility index (Phi) is 6.22. The Morgan fingerprint density at radius 2 is 1.17 bits per heavy atom. The van der Waals surface area contributed by atoms with Gasteiger partial charge >= 0.3 is 0 Å². The fraction of sp³-hybridized carbons (Fsp3) is 0.0345. The fourth-order valence-electron chi connectivity index (χ4n) is 3.43. The SMILES string of the molecule is COc1ccc(/C=C/c2ccccc2)c(C=C(c2ccccc2)c2ccccc2)c1. The Morgan fingerprint density at radius 1 is 0.600 bits per heavy atom. The molecule has 0 unspecified atom stereocenters. The van der Waals surface area contributed by atoms with Crippen LogP contribution in [0, 0.1) is 0 Å². The minimum atomic E-state index is 0.846. The number of hydrogen-bond acceptors (Lipinski definition) is 1. The molecule has 0 spiro atoms. The number of ether oxygens (including phenoxy) is 1. The highest BCUT2D eigenvalue weighted by Gasteiger charge is 2.07. The quantitative estimate of drug-likeness (QED) is 0.312. The van der Waals surface area contributed by atoms with Crippen LogP contribution >= 0.6 is 0 Å². The van der Waals surface area contributed by atoms with Crippen LogP contribution in [-0.2, 0) is 0 Å². The average Bonchev–Trinajstić information content (AvgIpc) is 2.83. The molecular formula is C29H24O. The van der Waals surface area contributed by atoms with Crippen LogP contribution in [0.5, 0.6) is 5.75 Å². The number of methoxy groups -OCH3 is 1. The Balaban J connectivity index is 1.83. The lowest BCUT2D eigenvalue weighted by molar-refractivity contribution is 0.414. The number of rotatable bonds is 6. The van der Waals surface area contributed by atoms with Gasteiger partial charge in [0.1, 0.15) is 5.75 Å². The summed E-state index contributed by atoms with van der Waals surface area (Å²) in [6.45, 7) is 0. The molecule has 146 valence electrons. The predicted octanol–water partition coefficient (Wildman–Crippen LogP) is 7.45. The maximum Gasteiger partial charge on any atom is 0.119 e. The van der Waals surface area contributed by atoms with Gasteiger partial charge in [-0.25, -0.2) is 0 Å². The highest BCUT2D eigenvalue weighted by molar-refractivity contribution is 5.93. The maximum absolute atomic E-state index is 5.51. The van der Waals surface area contributed by atoms with Crippen LogP contribution in [0.2, 0.25) is 0 Å². The average molecular weight is 389 g/mol. The Bertz CT molecular complexity index is 1100. The van der Waals surface area contributed by atoms with Gasteiger partial charge in [0.05, 0.1) is 7.11 Å². The summed E-state index contributed by atoms with van der Waals surface area (Å²) < 4.78 is 5.51. The summed E-state index contributed by atoms with van der Waals surface area (Å²) in [4.78, 5) is 0. The van der Waals surface area contributed by atoms with Crippen molar-refractivity contribution in [2.75, 3.05) is 7.11 Å².